The normalized spacial score (nSPS) is 48.3. The van der Waals surface area contributed by atoms with E-state index in [-0.39, 0.29) is 39.9 Å². The second kappa shape index (κ2) is 6.41. The van der Waals surface area contributed by atoms with Crippen LogP contribution in [0, 0.1) is 51.2 Å². The predicted molar refractivity (Wildman–Crippen MR) is 120 cm³/mol. The Morgan fingerprint density at radius 3 is 2.45 bits per heavy atom. The maximum Gasteiger partial charge on any atom is 0.178 e. The second-order valence-electron chi connectivity index (χ2n) is 12.2. The molecular weight excluding hydrogens is 384 g/mol. The Bertz CT molecular complexity index is 968. The van der Waals surface area contributed by atoms with Gasteiger partial charge in [0.2, 0.25) is 0 Å². The van der Waals surface area contributed by atoms with Crippen molar-refractivity contribution < 1.29 is 9.59 Å². The topological polar surface area (TPSA) is 84.0 Å². The molecular formula is C27H36N2O2. The first-order valence-corrected chi connectivity index (χ1v) is 12.2. The van der Waals surface area contributed by atoms with E-state index in [1.54, 1.807) is 0 Å². The Balaban J connectivity index is 1.65. The zero-order chi connectivity index (χ0) is 22.4. The average Bonchev–Trinajstić information content (AvgIpc) is 2.71. The first-order chi connectivity index (χ1) is 14.5. The molecule has 4 nitrogen and oxygen atoms in total. The minimum absolute atomic E-state index is 0.0330. The van der Waals surface area contributed by atoms with E-state index in [0.717, 1.165) is 38.5 Å². The second-order valence-corrected chi connectivity index (χ2v) is 12.2. The number of carbonyl (C=O) groups is 2. The van der Waals surface area contributed by atoms with Crippen LogP contribution in [0.1, 0.15) is 79.1 Å². The Hall–Kier alpha value is -1.73. The van der Waals surface area contributed by atoms with Gasteiger partial charge in [0, 0.05) is 22.3 Å². The number of nitriles is 1. The zero-order valence-electron chi connectivity index (χ0n) is 19.5. The van der Waals surface area contributed by atoms with Crippen LogP contribution in [0.25, 0.3) is 0 Å². The van der Waals surface area contributed by atoms with Crippen LogP contribution < -0.4 is 5.73 Å². The fourth-order valence-electron chi connectivity index (χ4n) is 9.00. The lowest BCUT2D eigenvalue weighted by Crippen LogP contribution is -2.63. The van der Waals surface area contributed by atoms with Crippen molar-refractivity contribution in [3.05, 3.63) is 23.3 Å². The van der Waals surface area contributed by atoms with Crippen molar-refractivity contribution in [3.63, 3.8) is 0 Å². The molecule has 5 aliphatic rings. The number of fused-ring (bicyclic) bond motifs is 7. The Morgan fingerprint density at radius 2 is 1.74 bits per heavy atom. The standard InChI is InChI=1S/C27H36N2O2/c1-24(2)20-9-11-25(3)17-8-12-27(29)10-6-5-7-18(27)22(17)19(30)13-21(25)26(20,4)14-16(15-28)23(24)31/h13-14,17-18,20,22H,5-12,29H2,1-4H3. The van der Waals surface area contributed by atoms with E-state index in [1.807, 2.05) is 26.0 Å². The van der Waals surface area contributed by atoms with Gasteiger partial charge >= 0.3 is 0 Å². The number of nitrogens with zero attached hydrogens (tertiary/aromatic N) is 1. The minimum atomic E-state index is -0.598. The molecule has 0 spiro atoms. The van der Waals surface area contributed by atoms with E-state index in [9.17, 15) is 14.9 Å². The van der Waals surface area contributed by atoms with Crippen LogP contribution in [0.3, 0.4) is 0 Å². The molecule has 3 fully saturated rings. The molecule has 5 aliphatic carbocycles. The number of Topliss-reactive ketones (excluding diaryl/α,β-unsaturated/α-hetero) is 1. The van der Waals surface area contributed by atoms with Gasteiger partial charge in [-0.15, -0.1) is 0 Å². The van der Waals surface area contributed by atoms with Gasteiger partial charge in [-0.1, -0.05) is 52.2 Å². The summed E-state index contributed by atoms with van der Waals surface area (Å²) in [6, 6.07) is 2.17. The number of rotatable bonds is 0. The monoisotopic (exact) mass is 420 g/mol. The highest BCUT2D eigenvalue weighted by Crippen LogP contribution is 2.68. The molecule has 0 radical (unpaired) electrons. The third kappa shape index (κ3) is 2.56. The summed E-state index contributed by atoms with van der Waals surface area (Å²) in [5.74, 6) is 0.960. The molecule has 4 heteroatoms. The van der Waals surface area contributed by atoms with Crippen molar-refractivity contribution in [2.75, 3.05) is 0 Å². The van der Waals surface area contributed by atoms with Crippen molar-refractivity contribution in [2.45, 2.75) is 84.6 Å². The van der Waals surface area contributed by atoms with E-state index in [4.69, 9.17) is 5.73 Å². The highest BCUT2D eigenvalue weighted by Gasteiger charge is 2.64. The van der Waals surface area contributed by atoms with Gasteiger partial charge in [-0.3, -0.25) is 9.59 Å². The molecule has 0 amide bonds. The molecule has 7 atom stereocenters. The molecule has 166 valence electrons. The lowest BCUT2D eigenvalue weighted by molar-refractivity contribution is -0.138. The maximum absolute atomic E-state index is 13.7. The number of hydrogen-bond acceptors (Lipinski definition) is 4. The van der Waals surface area contributed by atoms with E-state index >= 15 is 0 Å². The number of hydrogen-bond donors (Lipinski definition) is 1. The summed E-state index contributed by atoms with van der Waals surface area (Å²) in [5, 5.41) is 9.72. The molecule has 7 unspecified atom stereocenters. The van der Waals surface area contributed by atoms with E-state index in [1.165, 1.54) is 18.4 Å². The van der Waals surface area contributed by atoms with Gasteiger partial charge in [-0.25, -0.2) is 0 Å². The van der Waals surface area contributed by atoms with Gasteiger partial charge in [-0.05, 0) is 67.8 Å². The van der Waals surface area contributed by atoms with E-state index in [0.29, 0.717) is 11.8 Å². The molecule has 0 bridgehead atoms. The largest absolute Gasteiger partial charge is 0.325 e. The van der Waals surface area contributed by atoms with Gasteiger partial charge in [0.15, 0.2) is 11.6 Å². The molecule has 31 heavy (non-hydrogen) atoms. The zero-order valence-corrected chi connectivity index (χ0v) is 19.5. The van der Waals surface area contributed by atoms with Gasteiger partial charge < -0.3 is 5.73 Å². The van der Waals surface area contributed by atoms with Crippen LogP contribution in [-0.4, -0.2) is 17.1 Å². The number of ketones is 2. The predicted octanol–water partition coefficient (Wildman–Crippen LogP) is 4.89. The minimum Gasteiger partial charge on any atom is -0.325 e. The van der Waals surface area contributed by atoms with Crippen LogP contribution in [0.15, 0.2) is 23.3 Å². The fraction of sp³-hybridized carbons (Fsp3) is 0.741. The van der Waals surface area contributed by atoms with Crippen molar-refractivity contribution in [3.8, 4) is 6.07 Å². The summed E-state index contributed by atoms with van der Waals surface area (Å²) in [7, 11) is 0. The Morgan fingerprint density at radius 1 is 1.00 bits per heavy atom. The average molecular weight is 421 g/mol. The van der Waals surface area contributed by atoms with Crippen molar-refractivity contribution in [2.24, 2.45) is 45.7 Å². The summed E-state index contributed by atoms with van der Waals surface area (Å²) in [6.45, 7) is 8.52. The van der Waals surface area contributed by atoms with Crippen molar-refractivity contribution in [1.29, 1.82) is 5.26 Å². The molecule has 0 aromatic carbocycles. The first kappa shape index (κ1) is 21.1. The van der Waals surface area contributed by atoms with Gasteiger partial charge in [0.1, 0.15) is 6.07 Å². The molecule has 0 heterocycles. The third-order valence-electron chi connectivity index (χ3n) is 10.5. The van der Waals surface area contributed by atoms with E-state index in [2.05, 4.69) is 19.9 Å². The lowest BCUT2D eigenvalue weighted by atomic mass is 9.40. The van der Waals surface area contributed by atoms with Crippen LogP contribution in [-0.2, 0) is 9.59 Å². The molecule has 0 aromatic rings. The third-order valence-corrected chi connectivity index (χ3v) is 10.5. The van der Waals surface area contributed by atoms with Crippen LogP contribution in [0.5, 0.6) is 0 Å². The maximum atomic E-state index is 13.7. The van der Waals surface area contributed by atoms with E-state index < -0.39 is 10.8 Å². The fourth-order valence-corrected chi connectivity index (χ4v) is 9.00. The quantitative estimate of drug-likeness (QED) is 0.605. The highest BCUT2D eigenvalue weighted by atomic mass is 16.1. The molecule has 3 saturated carbocycles. The summed E-state index contributed by atoms with van der Waals surface area (Å²) in [5.41, 5.74) is 7.07. The van der Waals surface area contributed by atoms with Crippen molar-refractivity contribution >= 4 is 11.6 Å². The van der Waals surface area contributed by atoms with Crippen LogP contribution in [0.4, 0.5) is 0 Å². The van der Waals surface area contributed by atoms with Crippen LogP contribution in [0.2, 0.25) is 0 Å². The van der Waals surface area contributed by atoms with Crippen molar-refractivity contribution in [1.82, 2.24) is 0 Å². The summed E-state index contributed by atoms with van der Waals surface area (Å²) in [6.07, 6.45) is 12.3. The lowest BCUT2D eigenvalue weighted by Gasteiger charge is -2.64. The molecule has 0 aliphatic heterocycles. The molecule has 5 rings (SSSR count). The molecule has 0 aromatic heterocycles. The first-order valence-electron chi connectivity index (χ1n) is 12.2. The number of carbonyl (C=O) groups excluding carboxylic acids is 2. The summed E-state index contributed by atoms with van der Waals surface area (Å²) in [4.78, 5) is 26.7. The number of nitrogens with two attached hydrogens (primary N) is 1. The van der Waals surface area contributed by atoms with Crippen LogP contribution >= 0.6 is 0 Å². The number of allylic oxidation sites excluding steroid dienone is 4. The summed E-state index contributed by atoms with van der Waals surface area (Å²) < 4.78 is 0. The van der Waals surface area contributed by atoms with Gasteiger partial charge in [0.25, 0.3) is 0 Å². The SMILES string of the molecule is CC1(C)C(=O)C(C#N)=CC2(C)C3=CC(=O)C4C5CCCCC5(N)CCC4C3(C)CCC12. The Kier molecular flexibility index (Phi) is 4.37. The highest BCUT2D eigenvalue weighted by molar-refractivity contribution is 6.04. The summed E-state index contributed by atoms with van der Waals surface area (Å²) >= 11 is 0. The van der Waals surface area contributed by atoms with Gasteiger partial charge in [0.05, 0.1) is 5.57 Å². The molecule has 2 N–H and O–H groups in total. The Labute approximate surface area is 186 Å². The van der Waals surface area contributed by atoms with Gasteiger partial charge in [-0.2, -0.15) is 5.26 Å². The molecule has 0 saturated heterocycles. The smallest absolute Gasteiger partial charge is 0.178 e.